The van der Waals surface area contributed by atoms with Gasteiger partial charge in [-0.2, -0.15) is 0 Å². The number of aryl methyl sites for hydroxylation is 1. The van der Waals surface area contributed by atoms with Crippen LogP contribution in [0.2, 0.25) is 10.0 Å². The van der Waals surface area contributed by atoms with Crippen molar-refractivity contribution in [1.29, 1.82) is 0 Å². The highest BCUT2D eigenvalue weighted by molar-refractivity contribution is 7.13. The number of halogens is 2. The van der Waals surface area contributed by atoms with E-state index < -0.39 is 0 Å². The minimum absolute atomic E-state index is 0.144. The molecular formula is C16H12Cl2N2O3S. The van der Waals surface area contributed by atoms with Gasteiger partial charge in [0.2, 0.25) is 0 Å². The van der Waals surface area contributed by atoms with E-state index in [-0.39, 0.29) is 18.3 Å². The van der Waals surface area contributed by atoms with Crippen LogP contribution in [0, 0.1) is 6.92 Å². The number of anilines is 1. The molecule has 0 unspecified atom stereocenters. The summed E-state index contributed by atoms with van der Waals surface area (Å²) >= 11 is 13.2. The van der Waals surface area contributed by atoms with Gasteiger partial charge in [-0.1, -0.05) is 23.2 Å². The van der Waals surface area contributed by atoms with Crippen LogP contribution in [0.15, 0.2) is 40.1 Å². The summed E-state index contributed by atoms with van der Waals surface area (Å²) in [5, 5.41) is 6.00. The number of carbonyl (C=O) groups is 1. The summed E-state index contributed by atoms with van der Waals surface area (Å²) in [6, 6.07) is 8.20. The van der Waals surface area contributed by atoms with Crippen molar-refractivity contribution in [1.82, 2.24) is 4.98 Å². The molecule has 1 aromatic carbocycles. The maximum absolute atomic E-state index is 12.1. The van der Waals surface area contributed by atoms with Crippen molar-refractivity contribution in [2.24, 2.45) is 0 Å². The molecular weight excluding hydrogens is 371 g/mol. The molecule has 0 radical (unpaired) electrons. The Hall–Kier alpha value is -2.02. The van der Waals surface area contributed by atoms with Crippen LogP contribution in [0.4, 0.5) is 5.13 Å². The topological polar surface area (TPSA) is 64.4 Å². The van der Waals surface area contributed by atoms with Gasteiger partial charge >= 0.3 is 0 Å². The van der Waals surface area contributed by atoms with Crippen LogP contribution < -0.4 is 10.1 Å². The van der Waals surface area contributed by atoms with Crippen molar-refractivity contribution in [2.45, 2.75) is 13.5 Å². The van der Waals surface area contributed by atoms with Crippen molar-refractivity contribution < 1.29 is 13.9 Å². The Balaban J connectivity index is 1.61. The molecule has 24 heavy (non-hydrogen) atoms. The molecule has 0 fully saturated rings. The average molecular weight is 383 g/mol. The van der Waals surface area contributed by atoms with E-state index >= 15 is 0 Å². The number of amides is 1. The van der Waals surface area contributed by atoms with Gasteiger partial charge in [-0.25, -0.2) is 4.98 Å². The molecule has 0 saturated heterocycles. The van der Waals surface area contributed by atoms with Gasteiger partial charge in [0.15, 0.2) is 10.9 Å². The van der Waals surface area contributed by atoms with Gasteiger partial charge in [0.05, 0.1) is 10.7 Å². The zero-order chi connectivity index (χ0) is 17.1. The number of hydrogen-bond donors (Lipinski definition) is 1. The quantitative estimate of drug-likeness (QED) is 0.659. The minimum atomic E-state index is -0.361. The molecule has 2 heterocycles. The predicted octanol–water partition coefficient (Wildman–Crippen LogP) is 5.18. The summed E-state index contributed by atoms with van der Waals surface area (Å²) in [5.74, 6) is 0.812. The number of rotatable bonds is 5. The number of thiazole rings is 1. The van der Waals surface area contributed by atoms with E-state index in [0.29, 0.717) is 26.7 Å². The molecule has 0 spiro atoms. The van der Waals surface area contributed by atoms with E-state index in [2.05, 4.69) is 10.3 Å². The van der Waals surface area contributed by atoms with Crippen LogP contribution >= 0.6 is 34.5 Å². The number of nitrogens with one attached hydrogen (secondary N) is 1. The van der Waals surface area contributed by atoms with Crippen LogP contribution in [0.5, 0.6) is 5.75 Å². The highest BCUT2D eigenvalue weighted by Gasteiger charge is 2.13. The predicted molar refractivity (Wildman–Crippen MR) is 94.3 cm³/mol. The fourth-order valence-electron chi connectivity index (χ4n) is 1.89. The van der Waals surface area contributed by atoms with Gasteiger partial charge in [0.25, 0.3) is 5.91 Å². The second-order valence-electron chi connectivity index (χ2n) is 4.88. The van der Waals surface area contributed by atoms with Crippen LogP contribution in [0.25, 0.3) is 0 Å². The number of nitrogens with zero attached hydrogens (tertiary/aromatic N) is 1. The summed E-state index contributed by atoms with van der Waals surface area (Å²) in [4.78, 5) is 16.3. The van der Waals surface area contributed by atoms with E-state index in [9.17, 15) is 4.79 Å². The van der Waals surface area contributed by atoms with E-state index in [1.54, 1.807) is 30.3 Å². The highest BCUT2D eigenvalue weighted by atomic mass is 35.5. The first-order valence-electron chi connectivity index (χ1n) is 6.91. The molecule has 1 N–H and O–H groups in total. The van der Waals surface area contributed by atoms with Gasteiger partial charge in [0, 0.05) is 10.4 Å². The summed E-state index contributed by atoms with van der Waals surface area (Å²) in [6.45, 7) is 2.00. The highest BCUT2D eigenvalue weighted by Crippen LogP contribution is 2.28. The van der Waals surface area contributed by atoms with Gasteiger partial charge in [-0.05, 0) is 37.3 Å². The molecule has 8 heteroatoms. The molecule has 1 amide bonds. The molecule has 0 bridgehead atoms. The maximum atomic E-state index is 12.1. The molecule has 0 saturated carbocycles. The average Bonchev–Trinajstić information content (AvgIpc) is 3.15. The molecule has 2 aromatic heterocycles. The molecule has 124 valence electrons. The monoisotopic (exact) mass is 382 g/mol. The third kappa shape index (κ3) is 4.08. The van der Waals surface area contributed by atoms with Gasteiger partial charge in [-0.15, -0.1) is 11.3 Å². The van der Waals surface area contributed by atoms with Gasteiger partial charge < -0.3 is 9.15 Å². The molecule has 0 aliphatic rings. The maximum Gasteiger partial charge on any atom is 0.293 e. The van der Waals surface area contributed by atoms with Gasteiger partial charge in [0.1, 0.15) is 18.1 Å². The van der Waals surface area contributed by atoms with Crippen LogP contribution in [-0.2, 0) is 6.61 Å². The number of ether oxygens (including phenoxy) is 1. The van der Waals surface area contributed by atoms with Crippen molar-refractivity contribution in [3.63, 3.8) is 0 Å². The Morgan fingerprint density at radius 2 is 2.17 bits per heavy atom. The Bertz CT molecular complexity index is 876. The van der Waals surface area contributed by atoms with Crippen LogP contribution in [0.3, 0.4) is 0 Å². The lowest BCUT2D eigenvalue weighted by atomic mass is 10.3. The van der Waals surface area contributed by atoms with Crippen molar-refractivity contribution in [3.8, 4) is 5.75 Å². The zero-order valence-corrected chi connectivity index (χ0v) is 14.8. The Kier molecular flexibility index (Phi) is 5.08. The first kappa shape index (κ1) is 16.8. The molecule has 5 nitrogen and oxygen atoms in total. The second-order valence-corrected chi connectivity index (χ2v) is 6.58. The number of carbonyl (C=O) groups excluding carboxylic acids is 1. The van der Waals surface area contributed by atoms with Gasteiger partial charge in [-0.3, -0.25) is 10.1 Å². The Morgan fingerprint density at radius 3 is 2.88 bits per heavy atom. The SMILES string of the molecule is Cc1csc(NC(=O)c2ccc(COc3ccc(Cl)cc3Cl)o2)n1. The number of benzene rings is 1. The first-order chi connectivity index (χ1) is 11.5. The molecule has 3 aromatic rings. The van der Waals surface area contributed by atoms with E-state index in [1.165, 1.54) is 11.3 Å². The lowest BCUT2D eigenvalue weighted by molar-refractivity contribution is 0.0992. The first-order valence-corrected chi connectivity index (χ1v) is 8.55. The summed E-state index contributed by atoms with van der Waals surface area (Å²) in [7, 11) is 0. The lowest BCUT2D eigenvalue weighted by Gasteiger charge is -2.06. The Morgan fingerprint density at radius 1 is 1.33 bits per heavy atom. The molecule has 0 aliphatic heterocycles. The fraction of sp³-hybridized carbons (Fsp3) is 0.125. The van der Waals surface area contributed by atoms with Crippen LogP contribution in [-0.4, -0.2) is 10.9 Å². The molecule has 3 rings (SSSR count). The third-order valence-electron chi connectivity index (χ3n) is 2.99. The van der Waals surface area contributed by atoms with Crippen LogP contribution in [0.1, 0.15) is 22.0 Å². The second kappa shape index (κ2) is 7.25. The van der Waals surface area contributed by atoms with E-state index in [1.807, 2.05) is 12.3 Å². The molecule has 0 aliphatic carbocycles. The summed E-state index contributed by atoms with van der Waals surface area (Å²) in [6.07, 6.45) is 0. The largest absolute Gasteiger partial charge is 0.484 e. The lowest BCUT2D eigenvalue weighted by Crippen LogP contribution is -2.10. The van der Waals surface area contributed by atoms with Crippen molar-refractivity contribution >= 4 is 45.6 Å². The smallest absolute Gasteiger partial charge is 0.293 e. The number of furan rings is 1. The fourth-order valence-corrected chi connectivity index (χ4v) is 3.04. The summed E-state index contributed by atoms with van der Waals surface area (Å²) < 4.78 is 11.0. The third-order valence-corrected chi connectivity index (χ3v) is 4.39. The molecule has 0 atom stereocenters. The standard InChI is InChI=1S/C16H12Cl2N2O3S/c1-9-8-24-16(19-9)20-15(21)14-5-3-11(23-14)7-22-13-4-2-10(17)6-12(13)18/h2-6,8H,7H2,1H3,(H,19,20,21). The Labute approximate surface area is 152 Å². The number of hydrogen-bond acceptors (Lipinski definition) is 5. The number of aromatic nitrogens is 1. The van der Waals surface area contributed by atoms with Crippen molar-refractivity contribution in [3.05, 3.63) is 63.0 Å². The van der Waals surface area contributed by atoms with Crippen molar-refractivity contribution in [2.75, 3.05) is 5.32 Å². The zero-order valence-electron chi connectivity index (χ0n) is 12.5. The minimum Gasteiger partial charge on any atom is -0.484 e. The van der Waals surface area contributed by atoms with E-state index in [4.69, 9.17) is 32.4 Å². The normalized spacial score (nSPS) is 10.6. The summed E-state index contributed by atoms with van der Waals surface area (Å²) in [5.41, 5.74) is 0.851. The van der Waals surface area contributed by atoms with E-state index in [0.717, 1.165) is 5.69 Å².